The summed E-state index contributed by atoms with van der Waals surface area (Å²) >= 11 is 1.43. The van der Waals surface area contributed by atoms with Crippen molar-refractivity contribution < 1.29 is 18.3 Å². The normalized spacial score (nSPS) is 11.8. The first-order chi connectivity index (χ1) is 11.0. The lowest BCUT2D eigenvalue weighted by Gasteiger charge is -2.07. The van der Waals surface area contributed by atoms with E-state index in [0.29, 0.717) is 6.42 Å². The summed E-state index contributed by atoms with van der Waals surface area (Å²) in [6.07, 6.45) is 1.89. The number of sulfonamides is 1. The Balaban J connectivity index is 1.70. The Labute approximate surface area is 135 Å². The Kier molecular flexibility index (Phi) is 4.11. The number of hydrogen-bond acceptors (Lipinski definition) is 6. The molecule has 120 valence electrons. The molecule has 0 bridgehead atoms. The number of nitrogens with one attached hydrogen (secondary N) is 1. The van der Waals surface area contributed by atoms with Gasteiger partial charge in [-0.3, -0.25) is 0 Å². The highest BCUT2D eigenvalue weighted by molar-refractivity contribution is 7.89. The summed E-state index contributed by atoms with van der Waals surface area (Å²) in [6.45, 7) is 0.172. The number of thiazole rings is 1. The van der Waals surface area contributed by atoms with Gasteiger partial charge in [-0.25, -0.2) is 27.4 Å². The van der Waals surface area contributed by atoms with Gasteiger partial charge in [-0.1, -0.05) is 6.07 Å². The van der Waals surface area contributed by atoms with Gasteiger partial charge in [0.2, 0.25) is 15.0 Å². The number of carbonyl (C=O) groups is 1. The van der Waals surface area contributed by atoms with Gasteiger partial charge in [-0.15, -0.1) is 11.3 Å². The van der Waals surface area contributed by atoms with Gasteiger partial charge >= 0.3 is 5.97 Å². The van der Waals surface area contributed by atoms with Crippen LogP contribution >= 0.6 is 11.3 Å². The van der Waals surface area contributed by atoms with Crippen molar-refractivity contribution in [2.45, 2.75) is 11.3 Å². The van der Waals surface area contributed by atoms with E-state index in [1.807, 2.05) is 5.38 Å². The van der Waals surface area contributed by atoms with E-state index in [-0.39, 0.29) is 17.0 Å². The third kappa shape index (κ3) is 3.23. The predicted octanol–water partition coefficient (Wildman–Crippen LogP) is 1.01. The van der Waals surface area contributed by atoms with E-state index in [2.05, 4.69) is 14.8 Å². The van der Waals surface area contributed by atoms with Crippen molar-refractivity contribution in [3.8, 4) is 0 Å². The van der Waals surface area contributed by atoms with Gasteiger partial charge in [0.15, 0.2) is 0 Å². The highest BCUT2D eigenvalue weighted by Gasteiger charge is 2.16. The molecule has 2 N–H and O–H groups in total. The fraction of sp³-hybridized carbons (Fsp3) is 0.154. The summed E-state index contributed by atoms with van der Waals surface area (Å²) in [5.41, 5.74) is 0.777. The fourth-order valence-corrected chi connectivity index (χ4v) is 3.95. The minimum Gasteiger partial charge on any atom is -0.478 e. The Morgan fingerprint density at radius 1 is 1.39 bits per heavy atom. The zero-order chi connectivity index (χ0) is 16.4. The second-order valence-corrected chi connectivity index (χ2v) is 7.27. The van der Waals surface area contributed by atoms with Crippen molar-refractivity contribution in [1.82, 2.24) is 19.3 Å². The summed E-state index contributed by atoms with van der Waals surface area (Å²) in [4.78, 5) is 15.6. The maximum absolute atomic E-state index is 12.2. The first-order valence-corrected chi connectivity index (χ1v) is 8.93. The molecule has 0 aliphatic carbocycles. The van der Waals surface area contributed by atoms with E-state index in [4.69, 9.17) is 5.11 Å². The van der Waals surface area contributed by atoms with Crippen molar-refractivity contribution in [3.63, 3.8) is 0 Å². The van der Waals surface area contributed by atoms with Gasteiger partial charge in [0.25, 0.3) is 0 Å². The van der Waals surface area contributed by atoms with Crippen molar-refractivity contribution in [3.05, 3.63) is 47.2 Å². The molecule has 0 aliphatic heterocycles. The Bertz CT molecular complexity index is 961. The van der Waals surface area contributed by atoms with Crippen LogP contribution in [0.15, 0.2) is 40.9 Å². The van der Waals surface area contributed by atoms with Crippen LogP contribution < -0.4 is 4.72 Å². The monoisotopic (exact) mass is 352 g/mol. The zero-order valence-electron chi connectivity index (χ0n) is 11.7. The number of hydrogen-bond donors (Lipinski definition) is 2. The van der Waals surface area contributed by atoms with Crippen LogP contribution in [0.1, 0.15) is 16.1 Å². The summed E-state index contributed by atoms with van der Waals surface area (Å²) in [5, 5.41) is 14.9. The largest absolute Gasteiger partial charge is 0.478 e. The van der Waals surface area contributed by atoms with Crippen molar-refractivity contribution >= 4 is 32.3 Å². The molecule has 0 aliphatic rings. The number of aromatic nitrogens is 3. The van der Waals surface area contributed by atoms with Crippen LogP contribution in [-0.4, -0.2) is 40.6 Å². The molecule has 23 heavy (non-hydrogen) atoms. The molecule has 0 saturated carbocycles. The first kappa shape index (κ1) is 15.6. The van der Waals surface area contributed by atoms with Crippen LogP contribution in [0.4, 0.5) is 0 Å². The second-order valence-electron chi connectivity index (χ2n) is 4.66. The Morgan fingerprint density at radius 3 is 3.00 bits per heavy atom. The van der Waals surface area contributed by atoms with Crippen molar-refractivity contribution in [1.29, 1.82) is 0 Å². The fourth-order valence-electron chi connectivity index (χ4n) is 2.04. The zero-order valence-corrected chi connectivity index (χ0v) is 13.3. The molecule has 0 unspecified atom stereocenters. The summed E-state index contributed by atoms with van der Waals surface area (Å²) in [5.74, 6) is -1.17. The molecule has 2 aromatic heterocycles. The average Bonchev–Trinajstić information content (AvgIpc) is 3.12. The lowest BCUT2D eigenvalue weighted by atomic mass is 10.2. The molecule has 0 radical (unpaired) electrons. The number of rotatable bonds is 6. The number of fused-ring (bicyclic) bond motifs is 1. The SMILES string of the molecule is O=C(O)c1cccc(S(=O)(=O)NCCc2csc3ncnn23)c1. The van der Waals surface area contributed by atoms with E-state index in [9.17, 15) is 13.2 Å². The first-order valence-electron chi connectivity index (χ1n) is 6.56. The van der Waals surface area contributed by atoms with E-state index in [1.165, 1.54) is 35.9 Å². The third-order valence-electron chi connectivity index (χ3n) is 3.15. The quantitative estimate of drug-likeness (QED) is 0.684. The van der Waals surface area contributed by atoms with Gasteiger partial charge in [0, 0.05) is 18.3 Å². The van der Waals surface area contributed by atoms with Gasteiger partial charge < -0.3 is 5.11 Å². The second kappa shape index (κ2) is 6.07. The average molecular weight is 352 g/mol. The molecule has 8 nitrogen and oxygen atoms in total. The summed E-state index contributed by atoms with van der Waals surface area (Å²) in [6, 6.07) is 5.23. The summed E-state index contributed by atoms with van der Waals surface area (Å²) in [7, 11) is -3.76. The molecule has 1 aromatic carbocycles. The molecular formula is C13H12N4O4S2. The maximum atomic E-state index is 12.2. The lowest BCUT2D eigenvalue weighted by molar-refractivity contribution is 0.0696. The van der Waals surface area contributed by atoms with E-state index in [1.54, 1.807) is 4.52 Å². The Morgan fingerprint density at radius 2 is 2.22 bits per heavy atom. The molecule has 3 rings (SSSR count). The molecule has 3 aromatic rings. The smallest absolute Gasteiger partial charge is 0.335 e. The number of benzene rings is 1. The van der Waals surface area contributed by atoms with Crippen LogP contribution in [0.2, 0.25) is 0 Å². The van der Waals surface area contributed by atoms with Crippen LogP contribution in [-0.2, 0) is 16.4 Å². The highest BCUT2D eigenvalue weighted by atomic mass is 32.2. The molecule has 10 heteroatoms. The maximum Gasteiger partial charge on any atom is 0.335 e. The number of carboxylic acid groups (broad SMARTS) is 1. The molecule has 2 heterocycles. The highest BCUT2D eigenvalue weighted by Crippen LogP contribution is 2.14. The third-order valence-corrected chi connectivity index (χ3v) is 5.49. The predicted molar refractivity (Wildman–Crippen MR) is 83.2 cm³/mol. The van der Waals surface area contributed by atoms with Crippen LogP contribution in [0.5, 0.6) is 0 Å². The van der Waals surface area contributed by atoms with Gasteiger partial charge in [-0.2, -0.15) is 5.10 Å². The molecule has 0 fully saturated rings. The molecule has 0 spiro atoms. The van der Waals surface area contributed by atoms with Crippen LogP contribution in [0, 0.1) is 0 Å². The topological polar surface area (TPSA) is 114 Å². The van der Waals surface area contributed by atoms with E-state index < -0.39 is 16.0 Å². The van der Waals surface area contributed by atoms with Crippen LogP contribution in [0.25, 0.3) is 4.96 Å². The number of aromatic carboxylic acids is 1. The van der Waals surface area contributed by atoms with E-state index >= 15 is 0 Å². The number of carboxylic acids is 1. The molecule has 0 atom stereocenters. The number of nitrogens with zero attached hydrogens (tertiary/aromatic N) is 3. The van der Waals surface area contributed by atoms with Crippen molar-refractivity contribution in [2.75, 3.05) is 6.54 Å². The van der Waals surface area contributed by atoms with Crippen molar-refractivity contribution in [2.24, 2.45) is 0 Å². The molecule has 0 saturated heterocycles. The standard InChI is InChI=1S/C13H12N4O4S2/c18-12(19)9-2-1-3-11(6-9)23(20,21)16-5-4-10-7-22-13-14-8-15-17(10)13/h1-3,6-8,16H,4-5H2,(H,18,19). The minimum absolute atomic E-state index is 0.0740. The van der Waals surface area contributed by atoms with E-state index in [0.717, 1.165) is 16.7 Å². The molecule has 0 amide bonds. The van der Waals surface area contributed by atoms with Crippen LogP contribution in [0.3, 0.4) is 0 Å². The Hall–Kier alpha value is -2.30. The lowest BCUT2D eigenvalue weighted by Crippen LogP contribution is -2.26. The molecular weight excluding hydrogens is 340 g/mol. The summed E-state index contributed by atoms with van der Waals surface area (Å²) < 4.78 is 28.5. The van der Waals surface area contributed by atoms with Gasteiger partial charge in [0.1, 0.15) is 6.33 Å². The van der Waals surface area contributed by atoms with Gasteiger partial charge in [-0.05, 0) is 18.2 Å². The minimum atomic E-state index is -3.76. The van der Waals surface area contributed by atoms with Gasteiger partial charge in [0.05, 0.1) is 16.2 Å².